The van der Waals surface area contributed by atoms with Crippen LogP contribution in [0.25, 0.3) is 0 Å². The number of amides is 2. The summed E-state index contributed by atoms with van der Waals surface area (Å²) >= 11 is 1.90. The molecule has 2 fully saturated rings. The highest BCUT2D eigenvalue weighted by Gasteiger charge is 2.38. The summed E-state index contributed by atoms with van der Waals surface area (Å²) in [5.41, 5.74) is 2.29. The zero-order chi connectivity index (χ0) is 21.6. The van der Waals surface area contributed by atoms with Crippen LogP contribution in [0.5, 0.6) is 0 Å². The third-order valence-electron chi connectivity index (χ3n) is 6.18. The number of likely N-dealkylation sites (tertiary alicyclic amines) is 1. The van der Waals surface area contributed by atoms with Crippen molar-refractivity contribution in [2.75, 3.05) is 49.9 Å². The Bertz CT molecular complexity index is 897. The Hall–Kier alpha value is -2.31. The number of hydrogen-bond acceptors (Lipinski definition) is 5. The number of carbonyl (C=O) groups is 2. The van der Waals surface area contributed by atoms with Gasteiger partial charge < -0.3 is 4.90 Å². The minimum atomic E-state index is -0.307. The van der Waals surface area contributed by atoms with Gasteiger partial charge in [-0.05, 0) is 36.4 Å². The number of benzene rings is 2. The Morgan fingerprint density at radius 1 is 0.903 bits per heavy atom. The van der Waals surface area contributed by atoms with Gasteiger partial charge in [-0.25, -0.2) is 0 Å². The molecule has 0 bridgehead atoms. The smallest absolute Gasteiger partial charge is 0.237 e. The summed E-state index contributed by atoms with van der Waals surface area (Å²) in [5.74, 6) is 0.703. The molecule has 2 amide bonds. The Labute approximate surface area is 189 Å². The summed E-state index contributed by atoms with van der Waals surface area (Å²) in [7, 11) is 0. The Balaban J connectivity index is 1.24. The van der Waals surface area contributed by atoms with Gasteiger partial charge in [0.25, 0.3) is 0 Å². The summed E-state index contributed by atoms with van der Waals surface area (Å²) in [5, 5.41) is 0. The molecule has 2 aliphatic rings. The average molecular weight is 438 g/mol. The van der Waals surface area contributed by atoms with Crippen LogP contribution in [0.2, 0.25) is 0 Å². The van der Waals surface area contributed by atoms with Crippen LogP contribution >= 0.6 is 11.8 Å². The van der Waals surface area contributed by atoms with E-state index in [0.29, 0.717) is 13.0 Å². The number of rotatable bonds is 8. The minimum absolute atomic E-state index is 0.0336. The zero-order valence-electron chi connectivity index (χ0n) is 18.2. The number of piperazine rings is 1. The summed E-state index contributed by atoms with van der Waals surface area (Å²) in [6.45, 7) is 7.69. The van der Waals surface area contributed by atoms with Crippen molar-refractivity contribution in [1.82, 2.24) is 9.80 Å². The van der Waals surface area contributed by atoms with E-state index in [9.17, 15) is 9.59 Å². The third kappa shape index (κ3) is 5.13. The predicted octanol–water partition coefficient (Wildman–Crippen LogP) is 3.85. The number of nitrogens with zero attached hydrogens (tertiary/aromatic N) is 3. The van der Waals surface area contributed by atoms with Gasteiger partial charge in [0.15, 0.2) is 0 Å². The van der Waals surface area contributed by atoms with E-state index in [4.69, 9.17) is 0 Å². The van der Waals surface area contributed by atoms with Crippen molar-refractivity contribution < 1.29 is 9.59 Å². The largest absolute Gasteiger partial charge is 0.368 e. The van der Waals surface area contributed by atoms with Gasteiger partial charge in [-0.15, -0.1) is 11.8 Å². The molecule has 2 heterocycles. The lowest BCUT2D eigenvalue weighted by Gasteiger charge is -2.37. The maximum absolute atomic E-state index is 12.8. The maximum Gasteiger partial charge on any atom is 0.237 e. The molecule has 2 aromatic carbocycles. The van der Waals surface area contributed by atoms with Crippen molar-refractivity contribution in [3.05, 3.63) is 60.2 Å². The molecule has 164 valence electrons. The molecule has 0 N–H and O–H groups in total. The first-order valence-electron chi connectivity index (χ1n) is 11.3. The van der Waals surface area contributed by atoms with E-state index >= 15 is 0 Å². The lowest BCUT2D eigenvalue weighted by molar-refractivity contribution is -0.138. The van der Waals surface area contributed by atoms with E-state index in [1.807, 2.05) is 42.1 Å². The first kappa shape index (κ1) is 21.9. The highest BCUT2D eigenvalue weighted by atomic mass is 32.2. The van der Waals surface area contributed by atoms with Crippen molar-refractivity contribution in [3.63, 3.8) is 0 Å². The van der Waals surface area contributed by atoms with Crippen molar-refractivity contribution >= 4 is 29.3 Å². The molecule has 0 saturated carbocycles. The molecular formula is C25H31N3O2S. The van der Waals surface area contributed by atoms with E-state index in [2.05, 4.69) is 41.0 Å². The predicted molar refractivity (Wildman–Crippen MR) is 127 cm³/mol. The highest BCUT2D eigenvalue weighted by molar-refractivity contribution is 7.99. The van der Waals surface area contributed by atoms with Crippen LogP contribution in [0.15, 0.2) is 59.5 Å². The van der Waals surface area contributed by atoms with Gasteiger partial charge in [0.2, 0.25) is 11.8 Å². The molecule has 2 aliphatic heterocycles. The molecule has 0 aromatic heterocycles. The van der Waals surface area contributed by atoms with Crippen LogP contribution in [-0.4, -0.2) is 66.6 Å². The lowest BCUT2D eigenvalue weighted by atomic mass is 9.98. The molecule has 0 aliphatic carbocycles. The highest BCUT2D eigenvalue weighted by Crippen LogP contribution is 2.31. The average Bonchev–Trinajstić information content (AvgIpc) is 3.09. The van der Waals surface area contributed by atoms with Crippen LogP contribution in [0.4, 0.5) is 5.69 Å². The standard InChI is InChI=1S/C25H31N3O2S/c1-2-31-23-12-7-6-11-22(23)27-17-15-26(16-18-27)13-8-14-28-24(29)19-21(25(28)30)20-9-4-3-5-10-20/h3-7,9-12,21H,2,8,13-19H2,1H3/t21-/m0/s1. The van der Waals surface area contributed by atoms with Crippen molar-refractivity contribution in [3.8, 4) is 0 Å². The van der Waals surface area contributed by atoms with E-state index in [1.54, 1.807) is 0 Å². The molecule has 0 radical (unpaired) electrons. The first-order valence-corrected chi connectivity index (χ1v) is 12.2. The Kier molecular flexibility index (Phi) is 7.30. The summed E-state index contributed by atoms with van der Waals surface area (Å²) in [6, 6.07) is 18.3. The lowest BCUT2D eigenvalue weighted by Crippen LogP contribution is -2.47. The monoisotopic (exact) mass is 437 g/mol. The number of imide groups is 1. The van der Waals surface area contributed by atoms with E-state index in [1.165, 1.54) is 15.5 Å². The zero-order valence-corrected chi connectivity index (χ0v) is 19.0. The molecule has 1 atom stereocenters. The van der Waals surface area contributed by atoms with Gasteiger partial charge in [-0.3, -0.25) is 19.4 Å². The normalized spacial score (nSPS) is 20.0. The minimum Gasteiger partial charge on any atom is -0.368 e. The fourth-order valence-electron chi connectivity index (χ4n) is 4.52. The quantitative estimate of drug-likeness (QED) is 0.464. The van der Waals surface area contributed by atoms with Crippen LogP contribution in [0.1, 0.15) is 31.2 Å². The molecule has 2 aromatic rings. The van der Waals surface area contributed by atoms with E-state index < -0.39 is 0 Å². The fraction of sp³-hybridized carbons (Fsp3) is 0.440. The number of thioether (sulfide) groups is 1. The molecule has 4 rings (SSSR count). The third-order valence-corrected chi connectivity index (χ3v) is 7.12. The van der Waals surface area contributed by atoms with Gasteiger partial charge in [0.1, 0.15) is 0 Å². The summed E-state index contributed by atoms with van der Waals surface area (Å²) < 4.78 is 0. The van der Waals surface area contributed by atoms with Crippen LogP contribution in [0, 0.1) is 0 Å². The van der Waals surface area contributed by atoms with E-state index in [-0.39, 0.29) is 17.7 Å². The Morgan fingerprint density at radius 3 is 2.35 bits per heavy atom. The van der Waals surface area contributed by atoms with Gasteiger partial charge >= 0.3 is 0 Å². The van der Waals surface area contributed by atoms with Crippen molar-refractivity contribution in [2.45, 2.75) is 30.6 Å². The van der Waals surface area contributed by atoms with Gasteiger partial charge in [0, 0.05) is 44.0 Å². The SMILES string of the molecule is CCSc1ccccc1N1CCN(CCCN2C(=O)C[C@@H](c3ccccc3)C2=O)CC1. The summed E-state index contributed by atoms with van der Waals surface area (Å²) in [4.78, 5) is 33.0. The molecular weight excluding hydrogens is 406 g/mol. The van der Waals surface area contributed by atoms with Crippen LogP contribution in [0.3, 0.4) is 0 Å². The second-order valence-corrected chi connectivity index (χ2v) is 9.44. The van der Waals surface area contributed by atoms with Crippen molar-refractivity contribution in [1.29, 1.82) is 0 Å². The van der Waals surface area contributed by atoms with Gasteiger partial charge in [-0.2, -0.15) is 0 Å². The fourth-order valence-corrected chi connectivity index (χ4v) is 5.36. The van der Waals surface area contributed by atoms with Gasteiger partial charge in [0.05, 0.1) is 11.6 Å². The maximum atomic E-state index is 12.8. The second kappa shape index (κ2) is 10.3. The number of carbonyl (C=O) groups excluding carboxylic acids is 2. The number of para-hydroxylation sites is 1. The Morgan fingerprint density at radius 2 is 1.61 bits per heavy atom. The number of hydrogen-bond donors (Lipinski definition) is 0. The summed E-state index contributed by atoms with van der Waals surface area (Å²) in [6.07, 6.45) is 1.14. The molecule has 0 spiro atoms. The van der Waals surface area contributed by atoms with Crippen molar-refractivity contribution in [2.24, 2.45) is 0 Å². The van der Waals surface area contributed by atoms with Gasteiger partial charge in [-0.1, -0.05) is 49.4 Å². The molecule has 0 unspecified atom stereocenters. The molecule has 2 saturated heterocycles. The first-order chi connectivity index (χ1) is 15.2. The molecule has 31 heavy (non-hydrogen) atoms. The number of anilines is 1. The molecule has 5 nitrogen and oxygen atoms in total. The van der Waals surface area contributed by atoms with Crippen LogP contribution < -0.4 is 4.90 Å². The van der Waals surface area contributed by atoms with Crippen LogP contribution in [-0.2, 0) is 9.59 Å². The van der Waals surface area contributed by atoms with E-state index in [0.717, 1.165) is 50.5 Å². The molecule has 6 heteroatoms. The topological polar surface area (TPSA) is 43.9 Å². The second-order valence-electron chi connectivity index (χ2n) is 8.13.